The molecular weight excluding hydrogens is 144 g/mol. The van der Waals surface area contributed by atoms with Crippen molar-refractivity contribution in [2.45, 2.75) is 32.2 Å². The molecule has 1 atom stereocenters. The molecule has 0 saturated carbocycles. The van der Waals surface area contributed by atoms with Crippen LogP contribution < -0.4 is 11.5 Å². The van der Waals surface area contributed by atoms with Gasteiger partial charge in [-0.25, -0.2) is 0 Å². The molecule has 0 saturated heterocycles. The van der Waals surface area contributed by atoms with E-state index in [2.05, 4.69) is 0 Å². The molecule has 0 aromatic heterocycles. The van der Waals surface area contributed by atoms with Crippen LogP contribution in [0.25, 0.3) is 0 Å². The van der Waals surface area contributed by atoms with Crippen LogP contribution in [0, 0.1) is 0 Å². The van der Waals surface area contributed by atoms with E-state index in [9.17, 15) is 9.59 Å². The minimum Gasteiger partial charge on any atom is -0.370 e. The molecule has 0 aromatic carbocycles. The van der Waals surface area contributed by atoms with Gasteiger partial charge in [-0.2, -0.15) is 0 Å². The number of rotatable bonds is 5. The summed E-state index contributed by atoms with van der Waals surface area (Å²) >= 11 is 0. The maximum atomic E-state index is 10.6. The summed E-state index contributed by atoms with van der Waals surface area (Å²) in [5.74, 6) is -0.393. The van der Waals surface area contributed by atoms with E-state index in [0.717, 1.165) is 0 Å². The lowest BCUT2D eigenvalue weighted by Crippen LogP contribution is -2.28. The summed E-state index contributed by atoms with van der Waals surface area (Å²) in [5.41, 5.74) is 10.3. The van der Waals surface area contributed by atoms with Gasteiger partial charge in [0, 0.05) is 6.42 Å². The Labute approximate surface area is 65.9 Å². The van der Waals surface area contributed by atoms with Crippen LogP contribution in [0.15, 0.2) is 0 Å². The van der Waals surface area contributed by atoms with Crippen LogP contribution in [0.4, 0.5) is 0 Å². The van der Waals surface area contributed by atoms with Gasteiger partial charge in [0.2, 0.25) is 5.91 Å². The molecule has 1 amide bonds. The van der Waals surface area contributed by atoms with E-state index >= 15 is 0 Å². The number of Topliss-reactive ketones (excluding diaryl/α,β-unsaturated/α-hetero) is 1. The highest BCUT2D eigenvalue weighted by atomic mass is 16.1. The highest BCUT2D eigenvalue weighted by Crippen LogP contribution is 1.98. The lowest BCUT2D eigenvalue weighted by Gasteiger charge is -2.04. The van der Waals surface area contributed by atoms with E-state index in [1.165, 1.54) is 6.92 Å². The van der Waals surface area contributed by atoms with E-state index in [0.29, 0.717) is 19.3 Å². The van der Waals surface area contributed by atoms with Crippen LogP contribution in [0.2, 0.25) is 0 Å². The van der Waals surface area contributed by atoms with Gasteiger partial charge in [-0.1, -0.05) is 0 Å². The van der Waals surface area contributed by atoms with Crippen molar-refractivity contribution in [1.82, 2.24) is 0 Å². The molecule has 0 rings (SSSR count). The minimum absolute atomic E-state index is 0.0468. The molecule has 0 heterocycles. The van der Waals surface area contributed by atoms with Gasteiger partial charge >= 0.3 is 0 Å². The number of hydrogen-bond acceptors (Lipinski definition) is 3. The molecule has 64 valence electrons. The van der Waals surface area contributed by atoms with Gasteiger partial charge < -0.3 is 11.5 Å². The summed E-state index contributed by atoms with van der Waals surface area (Å²) in [6.45, 7) is 1.44. The third-order valence-corrected chi connectivity index (χ3v) is 1.46. The Morgan fingerprint density at radius 1 is 1.45 bits per heavy atom. The second kappa shape index (κ2) is 4.85. The molecule has 0 aromatic rings. The molecule has 4 nitrogen and oxygen atoms in total. The van der Waals surface area contributed by atoms with E-state index in [1.807, 2.05) is 0 Å². The zero-order valence-electron chi connectivity index (χ0n) is 6.67. The first-order valence-corrected chi connectivity index (χ1v) is 3.58. The van der Waals surface area contributed by atoms with Gasteiger partial charge in [0.25, 0.3) is 0 Å². The fourth-order valence-electron chi connectivity index (χ4n) is 0.699. The minimum atomic E-state index is -0.436. The van der Waals surface area contributed by atoms with Crippen molar-refractivity contribution in [2.24, 2.45) is 11.5 Å². The lowest BCUT2D eigenvalue weighted by atomic mass is 10.1. The number of amides is 1. The summed E-state index contributed by atoms with van der Waals surface area (Å²) in [4.78, 5) is 20.8. The van der Waals surface area contributed by atoms with E-state index in [-0.39, 0.29) is 11.7 Å². The Hall–Kier alpha value is -0.900. The van der Waals surface area contributed by atoms with E-state index < -0.39 is 6.04 Å². The fraction of sp³-hybridized carbons (Fsp3) is 0.714. The van der Waals surface area contributed by atoms with Crippen molar-refractivity contribution in [3.63, 3.8) is 0 Å². The largest absolute Gasteiger partial charge is 0.370 e. The molecular formula is C7H14N2O2. The molecule has 0 aliphatic carbocycles. The number of ketones is 1. The zero-order valence-corrected chi connectivity index (χ0v) is 6.67. The van der Waals surface area contributed by atoms with Crippen molar-refractivity contribution in [3.05, 3.63) is 0 Å². The van der Waals surface area contributed by atoms with Gasteiger partial charge in [0.1, 0.15) is 5.78 Å². The fourth-order valence-corrected chi connectivity index (χ4v) is 0.699. The number of hydrogen-bond donors (Lipinski definition) is 2. The Balaban J connectivity index is 3.39. The monoisotopic (exact) mass is 158 g/mol. The Morgan fingerprint density at radius 3 is 2.36 bits per heavy atom. The molecule has 0 aliphatic heterocycles. The van der Waals surface area contributed by atoms with Crippen molar-refractivity contribution in [1.29, 1.82) is 0 Å². The predicted molar refractivity (Wildman–Crippen MR) is 41.7 cm³/mol. The number of carbonyl (C=O) groups is 2. The topological polar surface area (TPSA) is 86.2 Å². The quantitative estimate of drug-likeness (QED) is 0.568. The molecule has 4 N–H and O–H groups in total. The maximum Gasteiger partial charge on any atom is 0.217 e. The van der Waals surface area contributed by atoms with Crippen molar-refractivity contribution in [2.75, 3.05) is 0 Å². The first kappa shape index (κ1) is 10.1. The third kappa shape index (κ3) is 5.54. The summed E-state index contributed by atoms with van der Waals surface area (Å²) < 4.78 is 0. The third-order valence-electron chi connectivity index (χ3n) is 1.46. The molecule has 0 fully saturated rings. The molecule has 0 spiro atoms. The maximum absolute atomic E-state index is 10.6. The average molecular weight is 158 g/mol. The second-order valence-corrected chi connectivity index (χ2v) is 2.58. The zero-order chi connectivity index (χ0) is 8.85. The second-order valence-electron chi connectivity index (χ2n) is 2.58. The highest BCUT2D eigenvalue weighted by Gasteiger charge is 2.07. The van der Waals surface area contributed by atoms with Crippen molar-refractivity contribution >= 4 is 11.7 Å². The van der Waals surface area contributed by atoms with Crippen LogP contribution in [-0.2, 0) is 9.59 Å². The molecule has 0 radical (unpaired) electrons. The Kier molecular flexibility index (Phi) is 4.45. The number of carbonyl (C=O) groups excluding carboxylic acids is 2. The molecule has 1 unspecified atom stereocenters. The smallest absolute Gasteiger partial charge is 0.217 e. The van der Waals surface area contributed by atoms with Crippen LogP contribution in [0.5, 0.6) is 0 Å². The Bertz CT molecular complexity index is 157. The first-order chi connectivity index (χ1) is 5.04. The van der Waals surface area contributed by atoms with Crippen LogP contribution in [0.1, 0.15) is 26.2 Å². The van der Waals surface area contributed by atoms with Gasteiger partial charge in [0.15, 0.2) is 0 Å². The van der Waals surface area contributed by atoms with Crippen LogP contribution in [-0.4, -0.2) is 17.7 Å². The lowest BCUT2D eigenvalue weighted by molar-refractivity contribution is -0.120. The van der Waals surface area contributed by atoms with Gasteiger partial charge in [0.05, 0.1) is 6.04 Å². The molecule has 4 heteroatoms. The van der Waals surface area contributed by atoms with Gasteiger partial charge in [-0.3, -0.25) is 9.59 Å². The predicted octanol–water partition coefficient (Wildman–Crippen LogP) is -0.442. The Morgan fingerprint density at radius 2 is 2.00 bits per heavy atom. The number of primary amides is 1. The highest BCUT2D eigenvalue weighted by molar-refractivity contribution is 5.81. The summed E-state index contributed by atoms with van der Waals surface area (Å²) in [7, 11) is 0. The van der Waals surface area contributed by atoms with Gasteiger partial charge in [-0.15, -0.1) is 0 Å². The standard InChI is InChI=1S/C7H14N2O2/c1-5(10)6(8)3-2-4-7(9)11/h6H,2-4,8H2,1H3,(H2,9,11). The normalized spacial score (nSPS) is 12.5. The van der Waals surface area contributed by atoms with Gasteiger partial charge in [-0.05, 0) is 19.8 Å². The van der Waals surface area contributed by atoms with E-state index in [4.69, 9.17) is 11.5 Å². The van der Waals surface area contributed by atoms with Crippen LogP contribution in [0.3, 0.4) is 0 Å². The molecule has 0 aliphatic rings. The van der Waals surface area contributed by atoms with E-state index in [1.54, 1.807) is 0 Å². The molecule has 0 bridgehead atoms. The average Bonchev–Trinajstić information content (AvgIpc) is 1.86. The van der Waals surface area contributed by atoms with Crippen molar-refractivity contribution < 1.29 is 9.59 Å². The first-order valence-electron chi connectivity index (χ1n) is 3.58. The summed E-state index contributed by atoms with van der Waals surface area (Å²) in [6.07, 6.45) is 1.44. The van der Waals surface area contributed by atoms with Crippen molar-refractivity contribution in [3.8, 4) is 0 Å². The summed E-state index contributed by atoms with van der Waals surface area (Å²) in [6, 6.07) is -0.436. The summed E-state index contributed by atoms with van der Waals surface area (Å²) in [5, 5.41) is 0. The molecule has 11 heavy (non-hydrogen) atoms. The number of nitrogens with two attached hydrogens (primary N) is 2. The van der Waals surface area contributed by atoms with Crippen LogP contribution >= 0.6 is 0 Å². The SMILES string of the molecule is CC(=O)C(N)CCCC(N)=O.